The lowest BCUT2D eigenvalue weighted by Gasteiger charge is -1.97. The Bertz CT molecular complexity index is 762. The van der Waals surface area contributed by atoms with Crippen LogP contribution in [0.15, 0.2) is 52.8 Å². The van der Waals surface area contributed by atoms with E-state index in [9.17, 15) is 5.11 Å². The van der Waals surface area contributed by atoms with Crippen LogP contribution in [-0.2, 0) is 6.42 Å². The molecule has 3 aromatic rings. The number of hydrogen-bond donors (Lipinski definition) is 2. The van der Waals surface area contributed by atoms with Crippen LogP contribution in [0.2, 0.25) is 0 Å². The molecule has 2 aromatic heterocycles. The van der Waals surface area contributed by atoms with Crippen LogP contribution in [0.3, 0.4) is 0 Å². The second-order valence-corrected chi connectivity index (χ2v) is 4.40. The van der Waals surface area contributed by atoms with Gasteiger partial charge in [-0.25, -0.2) is 4.98 Å². The summed E-state index contributed by atoms with van der Waals surface area (Å²) >= 11 is 0. The molecule has 2 heterocycles. The number of aryl methyl sites for hydroxylation is 1. The van der Waals surface area contributed by atoms with Gasteiger partial charge in [-0.3, -0.25) is 0 Å². The van der Waals surface area contributed by atoms with E-state index in [2.05, 4.69) is 27.1 Å². The van der Waals surface area contributed by atoms with Crippen molar-refractivity contribution in [2.24, 2.45) is 10.2 Å². The number of nitrogens with one attached hydrogen (secondary N) is 1. The number of pyridine rings is 1. The Morgan fingerprint density at radius 1 is 1.15 bits per heavy atom. The zero-order chi connectivity index (χ0) is 13.9. The zero-order valence-electron chi connectivity index (χ0n) is 11.0. The molecule has 0 saturated carbocycles. The van der Waals surface area contributed by atoms with Gasteiger partial charge in [0, 0.05) is 11.6 Å². The first-order valence-corrected chi connectivity index (χ1v) is 6.45. The summed E-state index contributed by atoms with van der Waals surface area (Å²) < 4.78 is 0. The molecule has 20 heavy (non-hydrogen) atoms. The fourth-order valence-electron chi connectivity index (χ4n) is 2.16. The maximum atomic E-state index is 10.0. The average Bonchev–Trinajstić information content (AvgIpc) is 2.81. The monoisotopic (exact) mass is 266 g/mol. The quantitative estimate of drug-likeness (QED) is 0.695. The summed E-state index contributed by atoms with van der Waals surface area (Å²) in [5, 5.41) is 19.0. The van der Waals surface area contributed by atoms with Gasteiger partial charge in [-0.15, -0.1) is 10.2 Å². The molecule has 0 unspecified atom stereocenters. The molecule has 0 bridgehead atoms. The summed E-state index contributed by atoms with van der Waals surface area (Å²) in [6.45, 7) is 2.07. The van der Waals surface area contributed by atoms with Crippen LogP contribution in [-0.4, -0.2) is 15.1 Å². The van der Waals surface area contributed by atoms with Crippen LogP contribution in [0.25, 0.3) is 10.9 Å². The molecule has 0 amide bonds. The van der Waals surface area contributed by atoms with Crippen molar-refractivity contribution < 1.29 is 5.11 Å². The van der Waals surface area contributed by atoms with E-state index in [1.54, 1.807) is 12.3 Å². The van der Waals surface area contributed by atoms with Crippen molar-refractivity contribution in [1.29, 1.82) is 0 Å². The first-order chi connectivity index (χ1) is 9.79. The van der Waals surface area contributed by atoms with Gasteiger partial charge in [-0.2, -0.15) is 0 Å². The number of para-hydroxylation sites is 1. The van der Waals surface area contributed by atoms with Gasteiger partial charge in [-0.05, 0) is 24.1 Å². The summed E-state index contributed by atoms with van der Waals surface area (Å²) in [6, 6.07) is 11.3. The third-order valence-electron chi connectivity index (χ3n) is 3.16. The Hall–Kier alpha value is -2.69. The molecule has 1 aromatic carbocycles. The molecule has 5 nitrogen and oxygen atoms in total. The Kier molecular flexibility index (Phi) is 3.16. The van der Waals surface area contributed by atoms with Gasteiger partial charge in [0.1, 0.15) is 0 Å². The number of azo groups is 1. The first kappa shape index (κ1) is 12.3. The highest BCUT2D eigenvalue weighted by Crippen LogP contribution is 2.37. The van der Waals surface area contributed by atoms with Crippen LogP contribution in [0.5, 0.6) is 5.88 Å². The van der Waals surface area contributed by atoms with Crippen LogP contribution < -0.4 is 0 Å². The van der Waals surface area contributed by atoms with Gasteiger partial charge < -0.3 is 10.1 Å². The van der Waals surface area contributed by atoms with E-state index < -0.39 is 0 Å². The van der Waals surface area contributed by atoms with Crippen molar-refractivity contribution in [2.75, 3.05) is 0 Å². The lowest BCUT2D eigenvalue weighted by Crippen LogP contribution is -1.80. The lowest BCUT2D eigenvalue weighted by atomic mass is 10.1. The molecule has 0 fully saturated rings. The summed E-state index contributed by atoms with van der Waals surface area (Å²) in [7, 11) is 0. The molecule has 0 aliphatic heterocycles. The van der Waals surface area contributed by atoms with E-state index in [1.807, 2.05) is 30.3 Å². The predicted octanol–water partition coefficient (Wildman–Crippen LogP) is 4.25. The number of aromatic nitrogens is 2. The molecular formula is C15H14N4O. The summed E-state index contributed by atoms with van der Waals surface area (Å²) in [5.41, 5.74) is 2.49. The number of benzene rings is 1. The Balaban J connectivity index is 2.08. The molecule has 0 aliphatic carbocycles. The topological polar surface area (TPSA) is 73.6 Å². The smallest absolute Gasteiger partial charge is 0.218 e. The third kappa shape index (κ3) is 2.14. The molecule has 100 valence electrons. The van der Waals surface area contributed by atoms with Crippen molar-refractivity contribution >= 4 is 22.4 Å². The van der Waals surface area contributed by atoms with Crippen molar-refractivity contribution in [1.82, 2.24) is 9.97 Å². The minimum Gasteiger partial charge on any atom is -0.493 e. The molecular weight excluding hydrogens is 252 g/mol. The van der Waals surface area contributed by atoms with Crippen LogP contribution in [0, 0.1) is 0 Å². The Labute approximate surface area is 116 Å². The van der Waals surface area contributed by atoms with Crippen molar-refractivity contribution in [3.8, 4) is 5.88 Å². The number of hydrogen-bond acceptors (Lipinski definition) is 4. The number of H-pyrrole nitrogens is 1. The van der Waals surface area contributed by atoms with Crippen LogP contribution in [0.4, 0.5) is 11.5 Å². The van der Waals surface area contributed by atoms with E-state index in [1.165, 1.54) is 0 Å². The highest BCUT2D eigenvalue weighted by atomic mass is 16.3. The van der Waals surface area contributed by atoms with E-state index in [4.69, 9.17) is 0 Å². The molecule has 0 aliphatic rings. The van der Waals surface area contributed by atoms with Gasteiger partial charge in [0.05, 0.1) is 5.52 Å². The molecule has 0 radical (unpaired) electrons. The minimum atomic E-state index is 0.0283. The van der Waals surface area contributed by atoms with Crippen LogP contribution >= 0.6 is 0 Å². The van der Waals surface area contributed by atoms with E-state index in [0.29, 0.717) is 11.5 Å². The molecule has 0 spiro atoms. The van der Waals surface area contributed by atoms with Crippen molar-refractivity contribution in [3.05, 3.63) is 48.2 Å². The number of aromatic hydroxyl groups is 1. The SMILES string of the molecule is CCc1cccc2c(N=Nc3ccccn3)c(O)[nH]c12. The number of aromatic amines is 1. The van der Waals surface area contributed by atoms with Gasteiger partial charge >= 0.3 is 0 Å². The highest BCUT2D eigenvalue weighted by Gasteiger charge is 2.12. The Morgan fingerprint density at radius 3 is 2.80 bits per heavy atom. The van der Waals surface area contributed by atoms with Gasteiger partial charge in [0.15, 0.2) is 11.5 Å². The maximum absolute atomic E-state index is 10.0. The maximum Gasteiger partial charge on any atom is 0.218 e. The second kappa shape index (κ2) is 5.13. The minimum absolute atomic E-state index is 0.0283. The number of fused-ring (bicyclic) bond motifs is 1. The summed E-state index contributed by atoms with van der Waals surface area (Å²) in [5.74, 6) is 0.536. The molecule has 5 heteroatoms. The fourth-order valence-corrected chi connectivity index (χ4v) is 2.16. The average molecular weight is 266 g/mol. The fraction of sp³-hybridized carbons (Fsp3) is 0.133. The number of nitrogens with zero attached hydrogens (tertiary/aromatic N) is 3. The molecule has 2 N–H and O–H groups in total. The summed E-state index contributed by atoms with van der Waals surface area (Å²) in [6.07, 6.45) is 2.53. The predicted molar refractivity (Wildman–Crippen MR) is 77.8 cm³/mol. The Morgan fingerprint density at radius 2 is 2.05 bits per heavy atom. The van der Waals surface area contributed by atoms with E-state index in [0.717, 1.165) is 22.9 Å². The van der Waals surface area contributed by atoms with Gasteiger partial charge in [0.2, 0.25) is 5.88 Å². The number of rotatable bonds is 3. The third-order valence-corrected chi connectivity index (χ3v) is 3.16. The van der Waals surface area contributed by atoms with Crippen molar-refractivity contribution in [3.63, 3.8) is 0 Å². The van der Waals surface area contributed by atoms with Gasteiger partial charge in [-0.1, -0.05) is 31.2 Å². The molecule has 3 rings (SSSR count). The largest absolute Gasteiger partial charge is 0.493 e. The highest BCUT2D eigenvalue weighted by molar-refractivity contribution is 5.96. The molecule has 0 atom stereocenters. The van der Waals surface area contributed by atoms with Gasteiger partial charge in [0.25, 0.3) is 0 Å². The molecule has 0 saturated heterocycles. The van der Waals surface area contributed by atoms with E-state index >= 15 is 0 Å². The van der Waals surface area contributed by atoms with Crippen LogP contribution in [0.1, 0.15) is 12.5 Å². The van der Waals surface area contributed by atoms with E-state index in [-0.39, 0.29) is 5.88 Å². The standard InChI is InChI=1S/C15H14N4O/c1-2-10-6-5-7-11-13(10)17-15(20)14(11)19-18-12-8-3-4-9-16-12/h3-9,17,20H,2H2,1H3. The normalized spacial score (nSPS) is 11.4. The second-order valence-electron chi connectivity index (χ2n) is 4.40. The lowest BCUT2D eigenvalue weighted by molar-refractivity contribution is 0.459. The first-order valence-electron chi connectivity index (χ1n) is 6.45. The zero-order valence-corrected chi connectivity index (χ0v) is 11.0. The van der Waals surface area contributed by atoms with Crippen molar-refractivity contribution in [2.45, 2.75) is 13.3 Å². The summed E-state index contributed by atoms with van der Waals surface area (Å²) in [4.78, 5) is 7.03.